The van der Waals surface area contributed by atoms with Crippen LogP contribution in [0.1, 0.15) is 52.6 Å². The Kier molecular flexibility index (Phi) is 8.08. The Morgan fingerprint density at radius 2 is 1.43 bits per heavy atom. The molecule has 5 rings (SSSR count). The van der Waals surface area contributed by atoms with Gasteiger partial charge in [0.2, 0.25) is 11.7 Å². The highest BCUT2D eigenvalue weighted by molar-refractivity contribution is 5.95. The van der Waals surface area contributed by atoms with E-state index < -0.39 is 5.41 Å². The second-order valence-corrected chi connectivity index (χ2v) is 9.74. The minimum absolute atomic E-state index is 0. The third-order valence-electron chi connectivity index (χ3n) is 7.86. The van der Waals surface area contributed by atoms with E-state index in [1.807, 2.05) is 102 Å². The van der Waals surface area contributed by atoms with E-state index in [1.54, 1.807) is 0 Å². The molecule has 2 N–H and O–H groups in total. The molecule has 1 saturated carbocycles. The van der Waals surface area contributed by atoms with Crippen LogP contribution in [0.3, 0.4) is 0 Å². The van der Waals surface area contributed by atoms with Gasteiger partial charge >= 0.3 is 0 Å². The van der Waals surface area contributed by atoms with Crippen LogP contribution in [-0.4, -0.2) is 16.3 Å². The molecule has 190 valence electrons. The lowest BCUT2D eigenvalue weighted by Gasteiger charge is -2.37. The van der Waals surface area contributed by atoms with Crippen molar-refractivity contribution in [2.45, 2.75) is 44.2 Å². The largest absolute Gasteiger partial charge is 1.00 e. The average Bonchev–Trinajstić information content (AvgIpc) is 3.53. The predicted octanol–water partition coefficient (Wildman–Crippen LogP) is 1.78. The van der Waals surface area contributed by atoms with Gasteiger partial charge in [0.25, 0.3) is 5.82 Å². The van der Waals surface area contributed by atoms with Crippen molar-refractivity contribution in [1.29, 1.82) is 0 Å². The van der Waals surface area contributed by atoms with Crippen molar-refractivity contribution in [3.63, 3.8) is 0 Å². The van der Waals surface area contributed by atoms with Gasteiger partial charge in [-0.25, -0.2) is 9.13 Å². The molecule has 2 atom stereocenters. The Balaban J connectivity index is 0.00000320. The Bertz CT molecular complexity index is 1310. The van der Waals surface area contributed by atoms with Gasteiger partial charge in [0, 0.05) is 12.5 Å². The number of carbonyl (C=O) groups excluding carboxylic acids is 2. The lowest BCUT2D eigenvalue weighted by Crippen LogP contribution is -3.00. The van der Waals surface area contributed by atoms with E-state index in [4.69, 9.17) is 5.73 Å². The van der Waals surface area contributed by atoms with E-state index in [9.17, 15) is 9.59 Å². The summed E-state index contributed by atoms with van der Waals surface area (Å²) in [4.78, 5) is 26.1. The Morgan fingerprint density at radius 1 is 0.892 bits per heavy atom. The fourth-order valence-electron chi connectivity index (χ4n) is 6.07. The number of primary amides is 1. The number of rotatable bonds is 8. The standard InChI is InChI=1S/C31H31N3O2.BrH/c1-23-33(22-29(35)24-11-5-2-6-12-24)19-20-34(23)28-18-17-27(21-28)31(30(32)36,25-13-7-3-8-14-25)26-15-9-4-10-16-26;/h2-16,19-20,27-28H,17-18,21-22H2,1H3,(H-,32,36);1H/t27-,28-;/m0./s1. The summed E-state index contributed by atoms with van der Waals surface area (Å²) in [5.74, 6) is 0.880. The zero-order valence-corrected chi connectivity index (χ0v) is 22.6. The molecular formula is C31H32BrN3O2. The first-order chi connectivity index (χ1) is 17.5. The molecule has 5 nitrogen and oxygen atoms in total. The normalized spacial score (nSPS) is 17.2. The lowest BCUT2D eigenvalue weighted by molar-refractivity contribution is -0.689. The van der Waals surface area contributed by atoms with Crippen molar-refractivity contribution < 1.29 is 31.1 Å². The van der Waals surface area contributed by atoms with Crippen molar-refractivity contribution in [3.05, 3.63) is 126 Å². The molecule has 3 aromatic carbocycles. The van der Waals surface area contributed by atoms with Crippen LogP contribution in [-0.2, 0) is 16.8 Å². The maximum Gasteiger partial charge on any atom is 0.253 e. The van der Waals surface area contributed by atoms with Crippen LogP contribution in [0.5, 0.6) is 0 Å². The summed E-state index contributed by atoms with van der Waals surface area (Å²) in [6.07, 6.45) is 6.71. The van der Waals surface area contributed by atoms with Crippen LogP contribution < -0.4 is 27.3 Å². The van der Waals surface area contributed by atoms with Crippen LogP contribution in [0.4, 0.5) is 0 Å². The lowest BCUT2D eigenvalue weighted by atomic mass is 9.64. The van der Waals surface area contributed by atoms with Gasteiger partial charge in [-0.1, -0.05) is 91.0 Å². The van der Waals surface area contributed by atoms with Crippen LogP contribution in [0.2, 0.25) is 0 Å². The van der Waals surface area contributed by atoms with Crippen LogP contribution in [0, 0.1) is 12.8 Å². The van der Waals surface area contributed by atoms with Gasteiger partial charge in [0.1, 0.15) is 23.9 Å². The molecule has 0 radical (unpaired) electrons. The zero-order valence-electron chi connectivity index (χ0n) is 21.0. The summed E-state index contributed by atoms with van der Waals surface area (Å²) >= 11 is 0. The Morgan fingerprint density at radius 3 is 1.97 bits per heavy atom. The molecule has 1 aliphatic rings. The molecule has 4 aromatic rings. The average molecular weight is 559 g/mol. The van der Waals surface area contributed by atoms with E-state index >= 15 is 0 Å². The van der Waals surface area contributed by atoms with Crippen molar-refractivity contribution in [2.24, 2.45) is 11.7 Å². The maximum atomic E-state index is 13.4. The van der Waals surface area contributed by atoms with E-state index in [0.29, 0.717) is 6.54 Å². The van der Waals surface area contributed by atoms with Gasteiger partial charge in [-0.2, -0.15) is 0 Å². The van der Waals surface area contributed by atoms with Gasteiger partial charge < -0.3 is 22.7 Å². The van der Waals surface area contributed by atoms with E-state index in [0.717, 1.165) is 41.8 Å². The van der Waals surface area contributed by atoms with Crippen LogP contribution >= 0.6 is 0 Å². The number of hydrogen-bond acceptors (Lipinski definition) is 2. The van der Waals surface area contributed by atoms with Gasteiger partial charge in [-0.3, -0.25) is 9.59 Å². The molecule has 0 aliphatic heterocycles. The summed E-state index contributed by atoms with van der Waals surface area (Å²) in [6.45, 7) is 2.36. The van der Waals surface area contributed by atoms with E-state index in [1.165, 1.54) is 0 Å². The monoisotopic (exact) mass is 557 g/mol. The molecule has 1 aliphatic carbocycles. The number of ketones is 1. The number of hydrogen-bond donors (Lipinski definition) is 1. The minimum Gasteiger partial charge on any atom is -1.00 e. The molecule has 0 saturated heterocycles. The minimum atomic E-state index is -0.891. The Labute approximate surface area is 228 Å². The second kappa shape index (κ2) is 11.3. The molecule has 0 spiro atoms. The molecule has 37 heavy (non-hydrogen) atoms. The third kappa shape index (κ3) is 4.90. The van der Waals surface area contributed by atoms with E-state index in [-0.39, 0.29) is 40.6 Å². The van der Waals surface area contributed by atoms with Crippen molar-refractivity contribution in [1.82, 2.24) is 4.57 Å². The number of halogens is 1. The first-order valence-electron chi connectivity index (χ1n) is 12.6. The number of Topliss-reactive ketones (excluding diaryl/α,β-unsaturated/α-hetero) is 1. The second-order valence-electron chi connectivity index (χ2n) is 9.74. The first kappa shape index (κ1) is 26.6. The number of aromatic nitrogens is 2. The summed E-state index contributed by atoms with van der Waals surface area (Å²) in [5, 5.41) is 0. The highest BCUT2D eigenvalue weighted by Crippen LogP contribution is 2.49. The highest BCUT2D eigenvalue weighted by atomic mass is 79.9. The predicted molar refractivity (Wildman–Crippen MR) is 139 cm³/mol. The first-order valence-corrected chi connectivity index (χ1v) is 12.6. The van der Waals surface area contributed by atoms with Gasteiger partial charge in [0.15, 0.2) is 6.54 Å². The molecule has 1 aromatic heterocycles. The maximum absolute atomic E-state index is 13.4. The SMILES string of the molecule is Cc1n([C@H]2CC[C@H](C(C(N)=O)(c3ccccc3)c3ccccc3)C2)cc[n+]1CC(=O)c1ccccc1.[Br-]. The number of carbonyl (C=O) groups is 2. The fraction of sp³-hybridized carbons (Fsp3) is 0.258. The van der Waals surface area contributed by atoms with Gasteiger partial charge in [0.05, 0.1) is 0 Å². The highest BCUT2D eigenvalue weighted by Gasteiger charge is 2.51. The van der Waals surface area contributed by atoms with Crippen molar-refractivity contribution >= 4 is 11.7 Å². The quantitative estimate of drug-likeness (QED) is 0.265. The molecule has 0 unspecified atom stereocenters. The zero-order chi connectivity index (χ0) is 25.1. The van der Waals surface area contributed by atoms with Crippen molar-refractivity contribution in [3.8, 4) is 0 Å². The molecular weight excluding hydrogens is 526 g/mol. The fourth-order valence-corrected chi connectivity index (χ4v) is 6.07. The smallest absolute Gasteiger partial charge is 0.253 e. The molecule has 1 heterocycles. The molecule has 1 amide bonds. The van der Waals surface area contributed by atoms with Gasteiger partial charge in [-0.15, -0.1) is 0 Å². The number of benzene rings is 3. The summed E-state index contributed by atoms with van der Waals surface area (Å²) < 4.78 is 4.28. The van der Waals surface area contributed by atoms with Gasteiger partial charge in [-0.05, 0) is 36.3 Å². The van der Waals surface area contributed by atoms with Crippen molar-refractivity contribution in [2.75, 3.05) is 0 Å². The number of nitrogens with zero attached hydrogens (tertiary/aromatic N) is 2. The molecule has 6 heteroatoms. The summed E-state index contributed by atoms with van der Waals surface area (Å²) in [6, 6.07) is 29.6. The topological polar surface area (TPSA) is 69.0 Å². The number of amides is 1. The molecule has 1 fully saturated rings. The van der Waals surface area contributed by atoms with Crippen LogP contribution in [0.25, 0.3) is 0 Å². The Hall–Kier alpha value is -3.51. The third-order valence-corrected chi connectivity index (χ3v) is 7.86. The van der Waals surface area contributed by atoms with E-state index in [2.05, 4.69) is 17.7 Å². The summed E-state index contributed by atoms with van der Waals surface area (Å²) in [7, 11) is 0. The summed E-state index contributed by atoms with van der Waals surface area (Å²) in [5.41, 5.74) is 7.98. The molecule has 0 bridgehead atoms. The van der Waals surface area contributed by atoms with Crippen LogP contribution in [0.15, 0.2) is 103 Å². The number of nitrogens with two attached hydrogens (primary N) is 1. The number of imidazole rings is 1.